The Morgan fingerprint density at radius 1 is 0.611 bits per heavy atom. The fourth-order valence-electron chi connectivity index (χ4n) is 4.26. The molecule has 0 aliphatic carbocycles. The van der Waals surface area contributed by atoms with Gasteiger partial charge in [0.25, 0.3) is 20.0 Å². The third-order valence-corrected chi connectivity index (χ3v) is 12.3. The van der Waals surface area contributed by atoms with E-state index in [1.165, 1.54) is 95.8 Å². The lowest BCUT2D eigenvalue weighted by Gasteiger charge is -2.07. The molecule has 0 bridgehead atoms. The van der Waals surface area contributed by atoms with E-state index in [2.05, 4.69) is 61.9 Å². The smallest absolute Gasteiger partial charge is 0.263 e. The third kappa shape index (κ3) is 12.3. The number of rotatable bonds is 12. The third-order valence-electron chi connectivity index (χ3n) is 6.77. The van der Waals surface area contributed by atoms with Gasteiger partial charge in [0, 0.05) is 55.6 Å². The highest BCUT2D eigenvalue weighted by atomic mass is 79.9. The van der Waals surface area contributed by atoms with Gasteiger partial charge in [-0.2, -0.15) is 0 Å². The quantitative estimate of drug-likeness (QED) is 0.0882. The Balaban J connectivity index is 0.000000208. The van der Waals surface area contributed by atoms with Crippen molar-refractivity contribution in [3.05, 3.63) is 152 Å². The maximum Gasteiger partial charge on any atom is 0.263 e. The second kappa shape index (κ2) is 18.9. The van der Waals surface area contributed by atoms with Crippen molar-refractivity contribution < 1.29 is 26.4 Å². The monoisotopic (exact) mass is 926 g/mol. The van der Waals surface area contributed by atoms with Gasteiger partial charge in [-0.1, -0.05) is 62.2 Å². The molecule has 0 saturated carbocycles. The highest BCUT2D eigenvalue weighted by Gasteiger charge is 2.16. The van der Waals surface area contributed by atoms with Crippen molar-refractivity contribution in [1.82, 2.24) is 9.97 Å². The van der Waals surface area contributed by atoms with Gasteiger partial charge in [-0.25, -0.2) is 26.8 Å². The number of hydrogen-bond acceptors (Lipinski definition) is 10. The van der Waals surface area contributed by atoms with Crippen LogP contribution in [0.1, 0.15) is 11.1 Å². The summed E-state index contributed by atoms with van der Waals surface area (Å²) in [5.41, 5.74) is 2.74. The summed E-state index contributed by atoms with van der Waals surface area (Å²) in [7, 11) is -7.43. The number of carbonyl (C=O) groups excluding carboxylic acids is 2. The molecule has 0 aliphatic rings. The Bertz CT molecular complexity index is 2480. The van der Waals surface area contributed by atoms with Gasteiger partial charge in [0.2, 0.25) is 11.8 Å². The minimum absolute atomic E-state index is 0.0828. The fourth-order valence-corrected chi connectivity index (χ4v) is 8.67. The van der Waals surface area contributed by atoms with E-state index >= 15 is 0 Å². The van der Waals surface area contributed by atoms with Crippen LogP contribution in [0.25, 0.3) is 12.2 Å². The van der Waals surface area contributed by atoms with Crippen molar-refractivity contribution >= 4 is 120 Å². The molecule has 4 aromatic carbocycles. The lowest BCUT2D eigenvalue weighted by molar-refractivity contribution is -0.112. The van der Waals surface area contributed by atoms with Crippen molar-refractivity contribution in [3.63, 3.8) is 0 Å². The van der Waals surface area contributed by atoms with Crippen LogP contribution in [0, 0.1) is 0 Å². The van der Waals surface area contributed by atoms with E-state index in [1.54, 1.807) is 22.9 Å². The second-order valence-corrected chi connectivity index (χ2v) is 17.6. The molecule has 0 atom stereocenters. The minimum atomic E-state index is -3.71. The number of benzene rings is 4. The average molecular weight is 929 g/mol. The molecule has 2 heterocycles. The summed E-state index contributed by atoms with van der Waals surface area (Å²) in [6.45, 7) is 0. The van der Waals surface area contributed by atoms with Gasteiger partial charge >= 0.3 is 0 Å². The van der Waals surface area contributed by atoms with E-state index in [0.29, 0.717) is 21.6 Å². The fraction of sp³-hybridized carbons (Fsp3) is 0. The highest BCUT2D eigenvalue weighted by molar-refractivity contribution is 9.10. The Hall–Kier alpha value is -4.98. The van der Waals surface area contributed by atoms with Crippen LogP contribution in [0.3, 0.4) is 0 Å². The maximum absolute atomic E-state index is 12.3. The molecule has 0 radical (unpaired) electrons. The molecular formula is C36H28Br2N6O6S4. The topological polar surface area (TPSA) is 176 Å². The minimum Gasteiger partial charge on any atom is -0.323 e. The van der Waals surface area contributed by atoms with Crippen LogP contribution in [0.4, 0.5) is 21.6 Å². The molecule has 0 saturated heterocycles. The van der Waals surface area contributed by atoms with E-state index in [1.807, 2.05) is 48.5 Å². The largest absolute Gasteiger partial charge is 0.323 e. The molecular weight excluding hydrogens is 901 g/mol. The lowest BCUT2D eigenvalue weighted by atomic mass is 10.2. The first-order chi connectivity index (χ1) is 25.9. The van der Waals surface area contributed by atoms with Gasteiger partial charge in [0.15, 0.2) is 10.3 Å². The second-order valence-electron chi connectivity index (χ2n) is 10.7. The van der Waals surface area contributed by atoms with Gasteiger partial charge < -0.3 is 10.6 Å². The molecule has 12 nitrogen and oxygen atoms in total. The number of aromatic nitrogens is 2. The molecule has 6 rings (SSSR count). The van der Waals surface area contributed by atoms with Crippen molar-refractivity contribution in [2.24, 2.45) is 0 Å². The van der Waals surface area contributed by atoms with E-state index in [-0.39, 0.29) is 21.6 Å². The van der Waals surface area contributed by atoms with Gasteiger partial charge in [-0.3, -0.25) is 19.0 Å². The summed E-state index contributed by atoms with van der Waals surface area (Å²) in [6.07, 6.45) is 9.24. The van der Waals surface area contributed by atoms with Crippen molar-refractivity contribution in [3.8, 4) is 0 Å². The number of halogens is 2. The van der Waals surface area contributed by atoms with E-state index < -0.39 is 20.0 Å². The molecule has 0 aliphatic heterocycles. The number of nitrogens with one attached hydrogen (secondary N) is 4. The van der Waals surface area contributed by atoms with Crippen LogP contribution in [-0.2, 0) is 29.6 Å². The van der Waals surface area contributed by atoms with Crippen LogP contribution >= 0.6 is 54.5 Å². The standard InChI is InChI=1S/2C18H14BrN3O3S2/c19-14-3-1-2-13(12-14)4-9-17(23)21-15-5-7-16(8-6-15)27(24,25)22-18-20-10-11-26-18;19-16-4-2-1-3-13(16)5-10-17(23)21-14-6-8-15(9-7-14)27(24,25)22-18-20-11-12-26-18/h2*1-12H,(H,20,22)(H,21,23)/b9-4+;10-5+. The zero-order valence-electron chi connectivity index (χ0n) is 27.6. The Labute approximate surface area is 336 Å². The number of amides is 2. The zero-order chi connectivity index (χ0) is 38.6. The predicted octanol–water partition coefficient (Wildman–Crippen LogP) is 8.72. The Kier molecular flexibility index (Phi) is 14.0. The molecule has 0 unspecified atom stereocenters. The van der Waals surface area contributed by atoms with E-state index in [0.717, 1.165) is 20.1 Å². The maximum atomic E-state index is 12.3. The molecule has 2 aromatic heterocycles. The first kappa shape index (κ1) is 40.2. The first-order valence-corrected chi connectivity index (χ1v) is 21.7. The van der Waals surface area contributed by atoms with Crippen molar-refractivity contribution in [2.75, 3.05) is 20.1 Å². The average Bonchev–Trinajstić information content (AvgIpc) is 3.86. The number of thiazole rings is 2. The number of carbonyl (C=O) groups is 2. The van der Waals surface area contributed by atoms with E-state index in [9.17, 15) is 26.4 Å². The number of anilines is 4. The summed E-state index contributed by atoms with van der Waals surface area (Å²) in [5.74, 6) is -0.631. The molecule has 4 N–H and O–H groups in total. The first-order valence-electron chi connectivity index (χ1n) is 15.4. The van der Waals surface area contributed by atoms with Gasteiger partial charge in [-0.15, -0.1) is 22.7 Å². The Morgan fingerprint density at radius 3 is 1.57 bits per heavy atom. The van der Waals surface area contributed by atoms with Gasteiger partial charge in [0.05, 0.1) is 9.79 Å². The summed E-state index contributed by atoms with van der Waals surface area (Å²) < 4.78 is 55.7. The molecule has 6 aromatic rings. The summed E-state index contributed by atoms with van der Waals surface area (Å²) in [6, 6.07) is 26.9. The van der Waals surface area contributed by atoms with Crippen LogP contribution in [0.15, 0.2) is 151 Å². The van der Waals surface area contributed by atoms with Crippen LogP contribution in [-0.4, -0.2) is 38.6 Å². The van der Waals surface area contributed by atoms with Gasteiger partial charge in [-0.05, 0) is 90.0 Å². The lowest BCUT2D eigenvalue weighted by Crippen LogP contribution is -2.13. The highest BCUT2D eigenvalue weighted by Crippen LogP contribution is 2.22. The van der Waals surface area contributed by atoms with Crippen LogP contribution < -0.4 is 20.1 Å². The summed E-state index contributed by atoms with van der Waals surface area (Å²) >= 11 is 9.17. The molecule has 54 heavy (non-hydrogen) atoms. The Morgan fingerprint density at radius 2 is 1.11 bits per heavy atom. The normalized spacial score (nSPS) is 11.4. The predicted molar refractivity (Wildman–Crippen MR) is 222 cm³/mol. The van der Waals surface area contributed by atoms with Crippen molar-refractivity contribution in [2.45, 2.75) is 9.79 Å². The van der Waals surface area contributed by atoms with E-state index in [4.69, 9.17) is 0 Å². The van der Waals surface area contributed by atoms with Crippen molar-refractivity contribution in [1.29, 1.82) is 0 Å². The van der Waals surface area contributed by atoms with Gasteiger partial charge in [0.1, 0.15) is 0 Å². The SMILES string of the molecule is O=C(/C=C/c1cccc(Br)c1)Nc1ccc(S(=O)(=O)Nc2nccs2)cc1.O=C(/C=C/c1ccccc1Br)Nc1ccc(S(=O)(=O)Nc2nccs2)cc1. The molecule has 18 heteroatoms. The van der Waals surface area contributed by atoms with Crippen LogP contribution in [0.2, 0.25) is 0 Å². The molecule has 2 amide bonds. The number of hydrogen-bond donors (Lipinski definition) is 4. The molecule has 0 fully saturated rings. The molecule has 276 valence electrons. The summed E-state index contributed by atoms with van der Waals surface area (Å²) in [5, 5.41) is 9.33. The number of sulfonamides is 2. The number of nitrogens with zero attached hydrogens (tertiary/aromatic N) is 2. The van der Waals surface area contributed by atoms with Crippen LogP contribution in [0.5, 0.6) is 0 Å². The zero-order valence-corrected chi connectivity index (χ0v) is 34.0. The molecule has 0 spiro atoms. The summed E-state index contributed by atoms with van der Waals surface area (Å²) in [4.78, 5) is 32.0.